The topological polar surface area (TPSA) is 38.5 Å². The number of hydrogen-bond donors (Lipinski definition) is 1. The van der Waals surface area contributed by atoms with E-state index in [0.717, 1.165) is 5.69 Å². The van der Waals surface area contributed by atoms with Crippen LogP contribution in [0, 0.1) is 23.3 Å². The maximum atomic E-state index is 13.9. The number of para-hydroxylation sites is 1. The number of aromatic nitrogens is 4. The van der Waals surface area contributed by atoms with Gasteiger partial charge in [0.05, 0.1) is 5.69 Å². The van der Waals surface area contributed by atoms with E-state index in [1.165, 1.54) is 22.8 Å². The third-order valence-corrected chi connectivity index (χ3v) is 3.28. The molecule has 3 rings (SSSR count). The molecule has 0 aliphatic rings. The smallest absolute Gasteiger partial charge is 0.184 e. The lowest BCUT2D eigenvalue weighted by Crippen LogP contribution is -2.05. The molecule has 0 spiro atoms. The molecule has 0 amide bonds. The summed E-state index contributed by atoms with van der Waals surface area (Å²) in [5.74, 6) is -1.34. The van der Waals surface area contributed by atoms with Gasteiger partial charge in [-0.3, -0.25) is 4.57 Å². The molecule has 4 nitrogen and oxygen atoms in total. The maximum Gasteiger partial charge on any atom is 0.184 e. The summed E-state index contributed by atoms with van der Waals surface area (Å²) >= 11 is 5.16. The van der Waals surface area contributed by atoms with Gasteiger partial charge in [0.15, 0.2) is 10.4 Å². The van der Waals surface area contributed by atoms with Gasteiger partial charge in [0.1, 0.15) is 22.8 Å². The molecule has 0 bridgehead atoms. The molecule has 0 saturated carbocycles. The Kier molecular flexibility index (Phi) is 2.53. The number of halogens is 2. The van der Waals surface area contributed by atoms with Crippen molar-refractivity contribution in [3.05, 3.63) is 40.3 Å². The zero-order chi connectivity index (χ0) is 13.7. The summed E-state index contributed by atoms with van der Waals surface area (Å²) in [7, 11) is 1.70. The van der Waals surface area contributed by atoms with Gasteiger partial charge in [-0.1, -0.05) is 6.07 Å². The van der Waals surface area contributed by atoms with E-state index in [2.05, 4.69) is 10.1 Å². The number of H-pyrrole nitrogens is 1. The van der Waals surface area contributed by atoms with E-state index in [1.807, 2.05) is 0 Å². The normalized spacial score (nSPS) is 11.4. The standard InChI is InChI=1S/C12H10F2N4S/c1-6-9-11(17(2)16-6)18(12(19)15-9)10-7(13)4-3-5-8(10)14/h3-5H,1-2H3,(H,15,19). The van der Waals surface area contributed by atoms with Crippen LogP contribution in [-0.4, -0.2) is 19.3 Å². The molecular weight excluding hydrogens is 270 g/mol. The highest BCUT2D eigenvalue weighted by molar-refractivity contribution is 7.71. The monoisotopic (exact) mass is 280 g/mol. The Morgan fingerprint density at radius 1 is 1.26 bits per heavy atom. The summed E-state index contributed by atoms with van der Waals surface area (Å²) < 4.78 is 30.9. The first-order chi connectivity index (χ1) is 9.00. The number of nitrogens with zero attached hydrogens (tertiary/aromatic N) is 3. The van der Waals surface area contributed by atoms with Crippen molar-refractivity contribution in [1.82, 2.24) is 19.3 Å². The Morgan fingerprint density at radius 3 is 2.53 bits per heavy atom. The van der Waals surface area contributed by atoms with Crippen molar-refractivity contribution in [1.29, 1.82) is 0 Å². The van der Waals surface area contributed by atoms with Crippen molar-refractivity contribution in [2.45, 2.75) is 6.92 Å². The van der Waals surface area contributed by atoms with E-state index in [4.69, 9.17) is 12.2 Å². The minimum Gasteiger partial charge on any atom is -0.327 e. The second-order valence-electron chi connectivity index (χ2n) is 4.24. The fraction of sp³-hybridized carbons (Fsp3) is 0.167. The Labute approximate surface area is 112 Å². The summed E-state index contributed by atoms with van der Waals surface area (Å²) in [6.45, 7) is 1.80. The van der Waals surface area contributed by atoms with Gasteiger partial charge in [-0.15, -0.1) is 0 Å². The van der Waals surface area contributed by atoms with E-state index in [-0.39, 0.29) is 10.5 Å². The van der Waals surface area contributed by atoms with Crippen molar-refractivity contribution in [3.63, 3.8) is 0 Å². The van der Waals surface area contributed by atoms with Crippen LogP contribution in [0.1, 0.15) is 5.69 Å². The summed E-state index contributed by atoms with van der Waals surface area (Å²) in [6, 6.07) is 3.71. The largest absolute Gasteiger partial charge is 0.327 e. The van der Waals surface area contributed by atoms with Crippen LogP contribution >= 0.6 is 12.2 Å². The van der Waals surface area contributed by atoms with Crippen molar-refractivity contribution < 1.29 is 8.78 Å². The zero-order valence-corrected chi connectivity index (χ0v) is 11.1. The molecule has 0 radical (unpaired) electrons. The second-order valence-corrected chi connectivity index (χ2v) is 4.63. The molecule has 98 valence electrons. The molecule has 0 aliphatic carbocycles. The number of hydrogen-bond acceptors (Lipinski definition) is 2. The van der Waals surface area contributed by atoms with Crippen LogP contribution in [-0.2, 0) is 7.05 Å². The predicted octanol–water partition coefficient (Wildman–Crippen LogP) is 3.01. The minimum atomic E-state index is -0.671. The lowest BCUT2D eigenvalue weighted by molar-refractivity contribution is 0.568. The van der Waals surface area contributed by atoms with Crippen LogP contribution < -0.4 is 0 Å². The second kappa shape index (κ2) is 3.99. The summed E-state index contributed by atoms with van der Waals surface area (Å²) in [5.41, 5.74) is 1.74. The van der Waals surface area contributed by atoms with E-state index < -0.39 is 11.6 Å². The predicted molar refractivity (Wildman–Crippen MR) is 69.9 cm³/mol. The fourth-order valence-electron chi connectivity index (χ4n) is 2.22. The Balaban J connectivity index is 2.50. The number of aryl methyl sites for hydroxylation is 2. The lowest BCUT2D eigenvalue weighted by Gasteiger charge is -2.07. The van der Waals surface area contributed by atoms with Crippen LogP contribution in [0.4, 0.5) is 8.78 Å². The van der Waals surface area contributed by atoms with Gasteiger partial charge in [0.25, 0.3) is 0 Å². The molecule has 19 heavy (non-hydrogen) atoms. The maximum absolute atomic E-state index is 13.9. The molecule has 0 saturated heterocycles. The molecule has 1 aromatic carbocycles. The summed E-state index contributed by atoms with van der Waals surface area (Å²) in [5, 5.41) is 4.21. The van der Waals surface area contributed by atoms with Crippen molar-refractivity contribution in [2.24, 2.45) is 7.05 Å². The minimum absolute atomic E-state index is 0.193. The Bertz CT molecular complexity index is 823. The van der Waals surface area contributed by atoms with Gasteiger partial charge in [0.2, 0.25) is 0 Å². The number of benzene rings is 1. The van der Waals surface area contributed by atoms with Gasteiger partial charge < -0.3 is 4.98 Å². The first kappa shape index (κ1) is 12.0. The highest BCUT2D eigenvalue weighted by Gasteiger charge is 2.19. The van der Waals surface area contributed by atoms with Crippen LogP contribution in [0.15, 0.2) is 18.2 Å². The van der Waals surface area contributed by atoms with Crippen LogP contribution in [0.3, 0.4) is 0 Å². The quantitative estimate of drug-likeness (QED) is 0.696. The lowest BCUT2D eigenvalue weighted by atomic mass is 10.3. The number of rotatable bonds is 1. The SMILES string of the molecule is Cc1nn(C)c2c1[nH]c(=S)n2-c1c(F)cccc1F. The van der Waals surface area contributed by atoms with Crippen LogP contribution in [0.2, 0.25) is 0 Å². The van der Waals surface area contributed by atoms with Crippen LogP contribution in [0.5, 0.6) is 0 Å². The molecule has 0 aliphatic heterocycles. The summed E-state index contributed by atoms with van der Waals surface area (Å²) in [6.07, 6.45) is 0. The summed E-state index contributed by atoms with van der Waals surface area (Å²) in [4.78, 5) is 2.93. The number of aromatic amines is 1. The number of fused-ring (bicyclic) bond motifs is 1. The van der Waals surface area contributed by atoms with Crippen LogP contribution in [0.25, 0.3) is 16.9 Å². The van der Waals surface area contributed by atoms with E-state index >= 15 is 0 Å². The molecular formula is C12H10F2N4S. The molecule has 2 heterocycles. The molecule has 0 unspecified atom stereocenters. The van der Waals surface area contributed by atoms with Crippen molar-refractivity contribution >= 4 is 23.4 Å². The third kappa shape index (κ3) is 1.61. The van der Waals surface area contributed by atoms with Gasteiger partial charge in [-0.2, -0.15) is 5.10 Å². The highest BCUT2D eigenvalue weighted by Crippen LogP contribution is 2.25. The molecule has 1 N–H and O–H groups in total. The van der Waals surface area contributed by atoms with Gasteiger partial charge in [0, 0.05) is 7.05 Å². The average molecular weight is 280 g/mol. The van der Waals surface area contributed by atoms with Gasteiger partial charge in [-0.25, -0.2) is 13.5 Å². The first-order valence-electron chi connectivity index (χ1n) is 5.59. The Hall–Kier alpha value is -2.02. The molecule has 2 aromatic heterocycles. The van der Waals surface area contributed by atoms with E-state index in [1.54, 1.807) is 18.7 Å². The molecule has 3 aromatic rings. The van der Waals surface area contributed by atoms with Gasteiger partial charge >= 0.3 is 0 Å². The van der Waals surface area contributed by atoms with E-state index in [9.17, 15) is 8.78 Å². The number of imidazole rings is 1. The Morgan fingerprint density at radius 2 is 1.89 bits per heavy atom. The molecule has 0 fully saturated rings. The first-order valence-corrected chi connectivity index (χ1v) is 6.00. The molecule has 7 heteroatoms. The highest BCUT2D eigenvalue weighted by atomic mass is 32.1. The van der Waals surface area contributed by atoms with Gasteiger partial charge in [-0.05, 0) is 31.3 Å². The fourth-order valence-corrected chi connectivity index (χ4v) is 2.50. The average Bonchev–Trinajstić information content (AvgIpc) is 2.79. The third-order valence-electron chi connectivity index (χ3n) is 3.00. The van der Waals surface area contributed by atoms with Crippen molar-refractivity contribution in [3.8, 4) is 5.69 Å². The zero-order valence-electron chi connectivity index (χ0n) is 10.2. The van der Waals surface area contributed by atoms with E-state index in [0.29, 0.717) is 11.2 Å². The van der Waals surface area contributed by atoms with Crippen molar-refractivity contribution in [2.75, 3.05) is 0 Å². The number of nitrogens with one attached hydrogen (secondary N) is 1. The molecule has 0 atom stereocenters.